The third-order valence-electron chi connectivity index (χ3n) is 3.81. The molecule has 1 aliphatic carbocycles. The molecule has 0 bridgehead atoms. The van der Waals surface area contributed by atoms with Gasteiger partial charge in [0.25, 0.3) is 5.91 Å². The number of pyridine rings is 1. The number of anilines is 1. The number of nitrogens with one attached hydrogen (secondary N) is 2. The minimum absolute atomic E-state index is 0.0274. The lowest BCUT2D eigenvalue weighted by Gasteiger charge is -2.08. The number of carbonyl (C=O) groups excluding carboxylic acids is 1. The van der Waals surface area contributed by atoms with Crippen LogP contribution in [-0.4, -0.2) is 24.0 Å². The van der Waals surface area contributed by atoms with Gasteiger partial charge in [-0.25, -0.2) is 4.98 Å². The predicted molar refractivity (Wildman–Crippen MR) is 83.6 cm³/mol. The Morgan fingerprint density at radius 3 is 2.71 bits per heavy atom. The zero-order valence-corrected chi connectivity index (χ0v) is 12.3. The highest BCUT2D eigenvalue weighted by atomic mass is 16.1. The van der Waals surface area contributed by atoms with Crippen LogP contribution in [0.15, 0.2) is 42.5 Å². The van der Waals surface area contributed by atoms with E-state index in [2.05, 4.69) is 27.8 Å². The molecule has 2 aromatic rings. The minimum Gasteiger partial charge on any atom is -0.373 e. The number of hydrogen-bond acceptors (Lipinski definition) is 3. The summed E-state index contributed by atoms with van der Waals surface area (Å²) < 4.78 is 0. The summed E-state index contributed by atoms with van der Waals surface area (Å²) in [6.45, 7) is 1.89. The molecular weight excluding hydrogens is 262 g/mol. The van der Waals surface area contributed by atoms with E-state index >= 15 is 0 Å². The van der Waals surface area contributed by atoms with Gasteiger partial charge in [-0.05, 0) is 31.0 Å². The van der Waals surface area contributed by atoms with E-state index in [1.54, 1.807) is 13.1 Å². The average molecular weight is 281 g/mol. The normalized spacial score (nSPS) is 19.9. The highest BCUT2D eigenvalue weighted by Crippen LogP contribution is 2.40. The van der Waals surface area contributed by atoms with Gasteiger partial charge in [-0.3, -0.25) is 4.79 Å². The van der Waals surface area contributed by atoms with Crippen molar-refractivity contribution < 1.29 is 4.79 Å². The van der Waals surface area contributed by atoms with Gasteiger partial charge in [0.05, 0.1) is 0 Å². The van der Waals surface area contributed by atoms with Crippen molar-refractivity contribution in [3.05, 3.63) is 59.3 Å². The van der Waals surface area contributed by atoms with Crippen molar-refractivity contribution in [1.29, 1.82) is 0 Å². The molecule has 1 aliphatic rings. The molecule has 1 heterocycles. The summed E-state index contributed by atoms with van der Waals surface area (Å²) in [6.07, 6.45) is 1.01. The van der Waals surface area contributed by atoms with Crippen molar-refractivity contribution in [1.82, 2.24) is 10.3 Å². The molecule has 21 heavy (non-hydrogen) atoms. The number of amides is 1. The van der Waals surface area contributed by atoms with Crippen LogP contribution in [0.3, 0.4) is 0 Å². The molecule has 1 amide bonds. The van der Waals surface area contributed by atoms with Gasteiger partial charge in [-0.2, -0.15) is 0 Å². The Balaban J connectivity index is 1.67. The number of aromatic nitrogens is 1. The van der Waals surface area contributed by atoms with Crippen LogP contribution in [0.5, 0.6) is 0 Å². The standard InChI is InChI=1S/C17H19N3O/c1-11-8-13(9-16(18-2)19-11)17(21)20-15-10-14(15)12-6-4-3-5-7-12/h3-9,14-15H,10H2,1-2H3,(H,18,19)(H,20,21). The average Bonchev–Trinajstić information content (AvgIpc) is 3.26. The van der Waals surface area contributed by atoms with E-state index in [1.165, 1.54) is 5.56 Å². The Morgan fingerprint density at radius 1 is 1.24 bits per heavy atom. The van der Waals surface area contributed by atoms with E-state index < -0.39 is 0 Å². The second kappa shape index (κ2) is 5.56. The Bertz CT molecular complexity index is 654. The fourth-order valence-corrected chi connectivity index (χ4v) is 2.60. The molecule has 1 saturated carbocycles. The van der Waals surface area contributed by atoms with Crippen LogP contribution in [0, 0.1) is 6.92 Å². The maximum absolute atomic E-state index is 12.3. The SMILES string of the molecule is CNc1cc(C(=O)NC2CC2c2ccccc2)cc(C)n1. The molecule has 2 N–H and O–H groups in total. The van der Waals surface area contributed by atoms with Crippen molar-refractivity contribution >= 4 is 11.7 Å². The van der Waals surface area contributed by atoms with E-state index in [9.17, 15) is 4.79 Å². The Labute approximate surface area is 124 Å². The third-order valence-corrected chi connectivity index (χ3v) is 3.81. The summed E-state index contributed by atoms with van der Waals surface area (Å²) in [5, 5.41) is 6.08. The van der Waals surface area contributed by atoms with E-state index in [0.717, 1.165) is 17.9 Å². The maximum Gasteiger partial charge on any atom is 0.251 e. The van der Waals surface area contributed by atoms with Crippen molar-refractivity contribution in [3.8, 4) is 0 Å². The summed E-state index contributed by atoms with van der Waals surface area (Å²) in [5.74, 6) is 1.14. The fourth-order valence-electron chi connectivity index (χ4n) is 2.60. The molecular formula is C17H19N3O. The van der Waals surface area contributed by atoms with E-state index in [-0.39, 0.29) is 11.9 Å². The summed E-state index contributed by atoms with van der Waals surface area (Å²) in [5.41, 5.74) is 2.79. The first-order chi connectivity index (χ1) is 10.2. The number of carbonyl (C=O) groups is 1. The Hall–Kier alpha value is -2.36. The molecule has 108 valence electrons. The van der Waals surface area contributed by atoms with Gasteiger partial charge in [-0.15, -0.1) is 0 Å². The van der Waals surface area contributed by atoms with Gasteiger partial charge in [0.1, 0.15) is 5.82 Å². The lowest BCUT2D eigenvalue weighted by molar-refractivity contribution is 0.0950. The number of benzene rings is 1. The molecule has 2 unspecified atom stereocenters. The van der Waals surface area contributed by atoms with Crippen molar-refractivity contribution in [3.63, 3.8) is 0 Å². The zero-order valence-electron chi connectivity index (χ0n) is 12.3. The molecule has 0 radical (unpaired) electrons. The molecule has 3 rings (SSSR count). The predicted octanol–water partition coefficient (Wildman–Crippen LogP) is 2.72. The van der Waals surface area contributed by atoms with E-state index in [1.807, 2.05) is 31.2 Å². The second-order valence-corrected chi connectivity index (χ2v) is 5.47. The smallest absolute Gasteiger partial charge is 0.251 e. The lowest BCUT2D eigenvalue weighted by Crippen LogP contribution is -2.26. The molecule has 0 saturated heterocycles. The van der Waals surface area contributed by atoms with Gasteiger partial charge >= 0.3 is 0 Å². The topological polar surface area (TPSA) is 54.0 Å². The molecule has 0 aliphatic heterocycles. The summed E-state index contributed by atoms with van der Waals surface area (Å²) >= 11 is 0. The first-order valence-electron chi connectivity index (χ1n) is 7.19. The van der Waals surface area contributed by atoms with Gasteiger partial charge in [-0.1, -0.05) is 30.3 Å². The number of rotatable bonds is 4. The first-order valence-corrected chi connectivity index (χ1v) is 7.19. The number of aryl methyl sites for hydroxylation is 1. The monoisotopic (exact) mass is 281 g/mol. The second-order valence-electron chi connectivity index (χ2n) is 5.47. The quantitative estimate of drug-likeness (QED) is 0.906. The van der Waals surface area contributed by atoms with Crippen LogP contribution < -0.4 is 10.6 Å². The van der Waals surface area contributed by atoms with Crippen molar-refractivity contribution in [2.24, 2.45) is 0 Å². The first kappa shape index (κ1) is 13.6. The van der Waals surface area contributed by atoms with Crippen molar-refractivity contribution in [2.45, 2.75) is 25.3 Å². The van der Waals surface area contributed by atoms with Crippen LogP contribution in [-0.2, 0) is 0 Å². The van der Waals surface area contributed by atoms with Crippen LogP contribution in [0.4, 0.5) is 5.82 Å². The summed E-state index contributed by atoms with van der Waals surface area (Å²) in [4.78, 5) is 16.6. The highest BCUT2D eigenvalue weighted by molar-refractivity contribution is 5.95. The number of hydrogen-bond donors (Lipinski definition) is 2. The Morgan fingerprint density at radius 2 is 2.00 bits per heavy atom. The largest absolute Gasteiger partial charge is 0.373 e. The van der Waals surface area contributed by atoms with E-state index in [0.29, 0.717) is 11.5 Å². The molecule has 4 nitrogen and oxygen atoms in total. The fraction of sp³-hybridized carbons (Fsp3) is 0.294. The van der Waals surface area contributed by atoms with E-state index in [4.69, 9.17) is 0 Å². The minimum atomic E-state index is -0.0274. The maximum atomic E-state index is 12.3. The zero-order chi connectivity index (χ0) is 14.8. The molecule has 2 atom stereocenters. The van der Waals surface area contributed by atoms with Gasteiger partial charge in [0, 0.05) is 30.3 Å². The molecule has 0 spiro atoms. The molecule has 1 aromatic heterocycles. The van der Waals surface area contributed by atoms with Gasteiger partial charge < -0.3 is 10.6 Å². The molecule has 1 aromatic carbocycles. The van der Waals surface area contributed by atoms with Crippen LogP contribution in [0.25, 0.3) is 0 Å². The molecule has 1 fully saturated rings. The van der Waals surface area contributed by atoms with Crippen LogP contribution >= 0.6 is 0 Å². The van der Waals surface area contributed by atoms with Gasteiger partial charge in [0.15, 0.2) is 0 Å². The van der Waals surface area contributed by atoms with Crippen LogP contribution in [0.1, 0.15) is 34.0 Å². The summed E-state index contributed by atoms with van der Waals surface area (Å²) in [7, 11) is 1.80. The third kappa shape index (κ3) is 3.05. The lowest BCUT2D eigenvalue weighted by atomic mass is 10.1. The molecule has 4 heteroatoms. The number of nitrogens with zero attached hydrogens (tertiary/aromatic N) is 1. The highest BCUT2D eigenvalue weighted by Gasteiger charge is 2.39. The van der Waals surface area contributed by atoms with Gasteiger partial charge in [0.2, 0.25) is 0 Å². The van der Waals surface area contributed by atoms with Crippen LogP contribution in [0.2, 0.25) is 0 Å². The van der Waals surface area contributed by atoms with Crippen molar-refractivity contribution in [2.75, 3.05) is 12.4 Å². The Kier molecular flexibility index (Phi) is 3.60. The summed E-state index contributed by atoms with van der Waals surface area (Å²) in [6, 6.07) is 14.2.